The molecule has 0 unspecified atom stereocenters. The third-order valence-electron chi connectivity index (χ3n) is 6.01. The van der Waals surface area contributed by atoms with Crippen LogP contribution in [0.1, 0.15) is 45.4 Å². The minimum atomic E-state index is -0.108. The Morgan fingerprint density at radius 1 is 1.22 bits per heavy atom. The molecule has 132 valence electrons. The molecule has 3 rings (SSSR count). The number of amides is 2. The number of fused-ring (bicyclic) bond motifs is 1. The molecule has 0 aromatic carbocycles. The number of nitrogens with one attached hydrogen (secondary N) is 2. The fourth-order valence-corrected chi connectivity index (χ4v) is 4.61. The predicted molar refractivity (Wildman–Crippen MR) is 92.5 cm³/mol. The second-order valence-corrected chi connectivity index (χ2v) is 7.40. The van der Waals surface area contributed by atoms with Crippen molar-refractivity contribution in [2.24, 2.45) is 17.3 Å². The first kappa shape index (κ1) is 18.5. The number of likely N-dealkylation sites (tertiary alicyclic amines) is 1. The average molecular weight is 344 g/mol. The Kier molecular flexibility index (Phi) is 6.32. The van der Waals surface area contributed by atoms with Gasteiger partial charge in [0, 0.05) is 33.1 Å². The molecule has 2 saturated heterocycles. The number of hydrogen-bond acceptors (Lipinski definition) is 3. The van der Waals surface area contributed by atoms with E-state index in [0.717, 1.165) is 52.0 Å². The standard InChI is InChI=1S/C17H29N3O2.ClH/c1-13(21)19-10-14-5-8-20(9-6-14)16(22)17-7-3-2-4-15(17)11-18-12-17;/h14-15,18H,2-12H2,1H3,(H,19,21);1H/t15-,17+;/m0./s1. The molecule has 3 fully saturated rings. The SMILES string of the molecule is CC(=O)NCC1CCN(C(=O)[C@@]23CCCC[C@H]2CNC3)CC1.Cl. The predicted octanol–water partition coefficient (Wildman–Crippen LogP) is 1.56. The van der Waals surface area contributed by atoms with Crippen molar-refractivity contribution in [2.75, 3.05) is 32.7 Å². The maximum absolute atomic E-state index is 13.1. The molecule has 1 aliphatic carbocycles. The van der Waals surface area contributed by atoms with Crippen LogP contribution in [-0.2, 0) is 9.59 Å². The third kappa shape index (κ3) is 3.82. The van der Waals surface area contributed by atoms with Crippen molar-refractivity contribution >= 4 is 24.2 Å². The molecular formula is C17H30ClN3O2. The summed E-state index contributed by atoms with van der Waals surface area (Å²) >= 11 is 0. The van der Waals surface area contributed by atoms with Gasteiger partial charge in [-0.2, -0.15) is 0 Å². The number of carbonyl (C=O) groups excluding carboxylic acids is 2. The lowest BCUT2D eigenvalue weighted by atomic mass is 9.67. The van der Waals surface area contributed by atoms with Crippen LogP contribution in [0.15, 0.2) is 0 Å². The van der Waals surface area contributed by atoms with Crippen LogP contribution >= 0.6 is 12.4 Å². The molecule has 2 amide bonds. The summed E-state index contributed by atoms with van der Waals surface area (Å²) in [6.45, 7) is 5.93. The van der Waals surface area contributed by atoms with E-state index < -0.39 is 0 Å². The molecule has 0 spiro atoms. The van der Waals surface area contributed by atoms with E-state index in [1.54, 1.807) is 6.92 Å². The van der Waals surface area contributed by atoms with E-state index in [-0.39, 0.29) is 23.7 Å². The van der Waals surface area contributed by atoms with Crippen molar-refractivity contribution in [2.45, 2.75) is 45.4 Å². The summed E-state index contributed by atoms with van der Waals surface area (Å²) in [6, 6.07) is 0. The van der Waals surface area contributed by atoms with Gasteiger partial charge in [-0.3, -0.25) is 9.59 Å². The molecule has 2 aliphatic heterocycles. The zero-order valence-corrected chi connectivity index (χ0v) is 14.9. The van der Waals surface area contributed by atoms with Crippen molar-refractivity contribution in [3.8, 4) is 0 Å². The Labute approximate surface area is 145 Å². The van der Waals surface area contributed by atoms with Crippen LogP contribution in [0.3, 0.4) is 0 Å². The monoisotopic (exact) mass is 343 g/mol. The van der Waals surface area contributed by atoms with Gasteiger partial charge in [0.1, 0.15) is 0 Å². The smallest absolute Gasteiger partial charge is 0.230 e. The van der Waals surface area contributed by atoms with Crippen molar-refractivity contribution in [3.63, 3.8) is 0 Å². The van der Waals surface area contributed by atoms with Crippen LogP contribution in [0, 0.1) is 17.3 Å². The minimum Gasteiger partial charge on any atom is -0.356 e. The highest BCUT2D eigenvalue weighted by Crippen LogP contribution is 2.45. The summed E-state index contributed by atoms with van der Waals surface area (Å²) in [6.07, 6.45) is 6.77. The quantitative estimate of drug-likeness (QED) is 0.817. The van der Waals surface area contributed by atoms with Gasteiger partial charge in [0.2, 0.25) is 11.8 Å². The largest absolute Gasteiger partial charge is 0.356 e. The summed E-state index contributed by atoms with van der Waals surface area (Å²) in [5, 5.41) is 6.38. The number of carbonyl (C=O) groups is 2. The number of hydrogen-bond donors (Lipinski definition) is 2. The highest BCUT2D eigenvalue weighted by molar-refractivity contribution is 5.85. The van der Waals surface area contributed by atoms with Gasteiger partial charge in [0.15, 0.2) is 0 Å². The molecule has 2 N–H and O–H groups in total. The minimum absolute atomic E-state index is 0. The van der Waals surface area contributed by atoms with Gasteiger partial charge in [0.25, 0.3) is 0 Å². The molecular weight excluding hydrogens is 314 g/mol. The van der Waals surface area contributed by atoms with Gasteiger partial charge >= 0.3 is 0 Å². The first-order valence-electron chi connectivity index (χ1n) is 8.86. The summed E-state index contributed by atoms with van der Waals surface area (Å²) in [4.78, 5) is 26.3. The number of nitrogens with zero attached hydrogens (tertiary/aromatic N) is 1. The molecule has 1 saturated carbocycles. The Morgan fingerprint density at radius 3 is 2.65 bits per heavy atom. The van der Waals surface area contributed by atoms with Crippen LogP contribution < -0.4 is 10.6 Å². The fourth-order valence-electron chi connectivity index (χ4n) is 4.61. The lowest BCUT2D eigenvalue weighted by Crippen LogP contribution is -2.52. The van der Waals surface area contributed by atoms with Gasteiger partial charge in [-0.1, -0.05) is 12.8 Å². The molecule has 6 heteroatoms. The van der Waals surface area contributed by atoms with Gasteiger partial charge < -0.3 is 15.5 Å². The van der Waals surface area contributed by atoms with Crippen LogP contribution in [0.4, 0.5) is 0 Å². The van der Waals surface area contributed by atoms with Crippen LogP contribution in [0.5, 0.6) is 0 Å². The summed E-state index contributed by atoms with van der Waals surface area (Å²) < 4.78 is 0. The van der Waals surface area contributed by atoms with Gasteiger partial charge in [-0.25, -0.2) is 0 Å². The second-order valence-electron chi connectivity index (χ2n) is 7.40. The Hall–Kier alpha value is -0.810. The van der Waals surface area contributed by atoms with Gasteiger partial charge in [-0.05, 0) is 44.1 Å². The Morgan fingerprint density at radius 2 is 1.96 bits per heavy atom. The molecule has 3 aliphatic rings. The molecule has 5 nitrogen and oxygen atoms in total. The summed E-state index contributed by atoms with van der Waals surface area (Å²) in [5.74, 6) is 1.51. The van der Waals surface area contributed by atoms with E-state index in [0.29, 0.717) is 17.7 Å². The zero-order valence-electron chi connectivity index (χ0n) is 14.1. The van der Waals surface area contributed by atoms with E-state index in [1.165, 1.54) is 19.3 Å². The van der Waals surface area contributed by atoms with Crippen LogP contribution in [0.2, 0.25) is 0 Å². The molecule has 0 aromatic heterocycles. The van der Waals surface area contributed by atoms with Gasteiger partial charge in [-0.15, -0.1) is 12.4 Å². The number of rotatable bonds is 3. The number of halogens is 1. The van der Waals surface area contributed by atoms with E-state index in [1.807, 2.05) is 0 Å². The molecule has 2 atom stereocenters. The molecule has 0 radical (unpaired) electrons. The second kappa shape index (κ2) is 7.84. The Bertz CT molecular complexity index is 438. The summed E-state index contributed by atoms with van der Waals surface area (Å²) in [7, 11) is 0. The maximum Gasteiger partial charge on any atom is 0.230 e. The maximum atomic E-state index is 13.1. The van der Waals surface area contributed by atoms with E-state index >= 15 is 0 Å². The van der Waals surface area contributed by atoms with Crippen molar-refractivity contribution < 1.29 is 9.59 Å². The van der Waals surface area contributed by atoms with E-state index in [9.17, 15) is 9.59 Å². The number of piperidine rings is 1. The van der Waals surface area contributed by atoms with Gasteiger partial charge in [0.05, 0.1) is 5.41 Å². The van der Waals surface area contributed by atoms with E-state index in [4.69, 9.17) is 0 Å². The Balaban J connectivity index is 0.00000192. The summed E-state index contributed by atoms with van der Waals surface area (Å²) in [5.41, 5.74) is -0.108. The lowest BCUT2D eigenvalue weighted by Gasteiger charge is -2.43. The topological polar surface area (TPSA) is 61.4 Å². The third-order valence-corrected chi connectivity index (χ3v) is 6.01. The van der Waals surface area contributed by atoms with Crippen LogP contribution in [-0.4, -0.2) is 49.4 Å². The van der Waals surface area contributed by atoms with Crippen molar-refractivity contribution in [1.82, 2.24) is 15.5 Å². The zero-order chi connectivity index (χ0) is 15.6. The molecule has 23 heavy (non-hydrogen) atoms. The fraction of sp³-hybridized carbons (Fsp3) is 0.882. The van der Waals surface area contributed by atoms with Crippen molar-refractivity contribution in [3.05, 3.63) is 0 Å². The van der Waals surface area contributed by atoms with Crippen LogP contribution in [0.25, 0.3) is 0 Å². The first-order valence-corrected chi connectivity index (χ1v) is 8.86. The molecule has 0 bridgehead atoms. The molecule has 2 heterocycles. The van der Waals surface area contributed by atoms with E-state index in [2.05, 4.69) is 15.5 Å². The highest BCUT2D eigenvalue weighted by Gasteiger charge is 2.51. The highest BCUT2D eigenvalue weighted by atomic mass is 35.5. The molecule has 0 aromatic rings. The first-order chi connectivity index (χ1) is 10.6. The average Bonchev–Trinajstić information content (AvgIpc) is 2.98. The van der Waals surface area contributed by atoms with Crippen molar-refractivity contribution in [1.29, 1.82) is 0 Å². The normalized spacial score (nSPS) is 31.2. The lowest BCUT2D eigenvalue weighted by molar-refractivity contribution is -0.147.